The lowest BCUT2D eigenvalue weighted by Crippen LogP contribution is -2.02. The molecule has 0 aliphatic heterocycles. The van der Waals surface area contributed by atoms with E-state index in [0.717, 1.165) is 0 Å². The summed E-state index contributed by atoms with van der Waals surface area (Å²) in [5, 5.41) is 8.92. The molecule has 0 fully saturated rings. The van der Waals surface area contributed by atoms with Crippen LogP contribution in [0, 0.1) is 0 Å². The van der Waals surface area contributed by atoms with E-state index >= 15 is 0 Å². The third-order valence-corrected chi connectivity index (χ3v) is 3.36. The van der Waals surface area contributed by atoms with Gasteiger partial charge >= 0.3 is 0 Å². The number of hydrogen-bond acceptors (Lipinski definition) is 5. The highest BCUT2D eigenvalue weighted by atomic mass is 32.2. The van der Waals surface area contributed by atoms with Crippen LogP contribution in [0.25, 0.3) is 0 Å². The van der Waals surface area contributed by atoms with Crippen LogP contribution in [0.5, 0.6) is 0 Å². The lowest BCUT2D eigenvalue weighted by atomic mass is 10.3. The molecule has 0 bridgehead atoms. The Labute approximate surface area is 116 Å². The van der Waals surface area contributed by atoms with Gasteiger partial charge in [-0.3, -0.25) is 10.7 Å². The molecule has 0 aliphatic rings. The molecule has 2 aromatic carbocycles. The van der Waals surface area contributed by atoms with E-state index in [1.807, 2.05) is 0 Å². The first kappa shape index (κ1) is 5.73. The van der Waals surface area contributed by atoms with Crippen LogP contribution in [0.4, 0.5) is 11.4 Å². The summed E-state index contributed by atoms with van der Waals surface area (Å²) in [6, 6.07) is -7.49. The van der Waals surface area contributed by atoms with Gasteiger partial charge in [-0.05, 0) is 48.3 Å². The Morgan fingerprint density at radius 1 is 1.00 bits per heavy atom. The second-order valence-corrected chi connectivity index (χ2v) is 4.89. The van der Waals surface area contributed by atoms with Crippen LogP contribution in [0.15, 0.2) is 58.1 Å². The Kier molecular flexibility index (Phi) is 1.49. The van der Waals surface area contributed by atoms with Gasteiger partial charge in [-0.2, -0.15) is 0 Å². The molecule has 2 rings (SSSR count). The van der Waals surface area contributed by atoms with Crippen molar-refractivity contribution in [1.29, 1.82) is 0 Å². The Balaban J connectivity index is 3.01. The number of nitrogens with one attached hydrogen (secondary N) is 1. The minimum atomic E-state index is -4.99. The standard InChI is InChI=1S/C12H12N2O3S/c13-9-1-5-11(6-2-9)18(16,17)12-7-3-10(14-15)4-8-12/h1-8,14-15H,13H2/i1D,2D,3D,4D,5D,6D,7D,8D. The third kappa shape index (κ3) is 2.29. The number of hydrogen-bond donors (Lipinski definition) is 3. The van der Waals surface area contributed by atoms with Crippen LogP contribution >= 0.6 is 0 Å². The van der Waals surface area contributed by atoms with Crippen molar-refractivity contribution in [2.24, 2.45) is 0 Å². The summed E-state index contributed by atoms with van der Waals surface area (Å²) in [4.78, 5) is -2.26. The van der Waals surface area contributed by atoms with E-state index in [1.165, 1.54) is 5.48 Å². The van der Waals surface area contributed by atoms with Crippen LogP contribution in [0.3, 0.4) is 0 Å². The zero-order valence-electron chi connectivity index (χ0n) is 16.7. The largest absolute Gasteiger partial charge is 0.399 e. The van der Waals surface area contributed by atoms with Crippen LogP contribution in [-0.2, 0) is 9.84 Å². The van der Waals surface area contributed by atoms with Crippen molar-refractivity contribution in [3.63, 3.8) is 0 Å². The highest BCUT2D eigenvalue weighted by molar-refractivity contribution is 7.91. The Morgan fingerprint density at radius 2 is 1.44 bits per heavy atom. The van der Waals surface area contributed by atoms with Crippen LogP contribution < -0.4 is 11.2 Å². The van der Waals surface area contributed by atoms with Crippen molar-refractivity contribution in [2.45, 2.75) is 9.79 Å². The lowest BCUT2D eigenvalue weighted by Gasteiger charge is -2.06. The fourth-order valence-corrected chi connectivity index (χ4v) is 1.98. The van der Waals surface area contributed by atoms with E-state index in [9.17, 15) is 8.42 Å². The number of nitrogens with two attached hydrogens (primary N) is 1. The molecule has 0 saturated heterocycles. The molecule has 2 aromatic rings. The predicted octanol–water partition coefficient (Wildman–Crippen LogP) is 1.90. The maximum absolute atomic E-state index is 12.9. The van der Waals surface area contributed by atoms with E-state index in [1.54, 1.807) is 0 Å². The summed E-state index contributed by atoms with van der Waals surface area (Å²) in [6.45, 7) is 0. The van der Waals surface area contributed by atoms with E-state index in [2.05, 4.69) is 0 Å². The molecule has 0 saturated carbocycles. The number of rotatable bonds is 3. The number of benzene rings is 2. The van der Waals surface area contributed by atoms with Crippen molar-refractivity contribution in [3.05, 3.63) is 48.3 Å². The van der Waals surface area contributed by atoms with Gasteiger partial charge in [-0.25, -0.2) is 8.42 Å². The first-order valence-corrected chi connectivity index (χ1v) is 5.99. The van der Waals surface area contributed by atoms with Crippen molar-refractivity contribution >= 4 is 21.2 Å². The molecule has 0 spiro atoms. The highest BCUT2D eigenvalue weighted by Gasteiger charge is 2.16. The molecule has 4 N–H and O–H groups in total. The monoisotopic (exact) mass is 272 g/mol. The Hall–Kier alpha value is -2.05. The van der Waals surface area contributed by atoms with Crippen LogP contribution in [0.1, 0.15) is 11.0 Å². The number of nitrogen functional groups attached to an aromatic ring is 1. The topological polar surface area (TPSA) is 92.4 Å². The van der Waals surface area contributed by atoms with Crippen LogP contribution in [-0.4, -0.2) is 13.6 Å². The van der Waals surface area contributed by atoms with E-state index in [4.69, 9.17) is 21.9 Å². The summed E-state index contributed by atoms with van der Waals surface area (Å²) in [5.41, 5.74) is 5.62. The second-order valence-electron chi connectivity index (χ2n) is 3.06. The maximum atomic E-state index is 12.9. The smallest absolute Gasteiger partial charge is 0.206 e. The molecule has 18 heavy (non-hydrogen) atoms. The maximum Gasteiger partial charge on any atom is 0.206 e. The summed E-state index contributed by atoms with van der Waals surface area (Å²) >= 11 is 0. The van der Waals surface area contributed by atoms with Crippen LogP contribution in [0.2, 0.25) is 0 Å². The summed E-state index contributed by atoms with van der Waals surface area (Å²) < 4.78 is 87.6. The molecule has 0 heterocycles. The van der Waals surface area contributed by atoms with Gasteiger partial charge in [0.1, 0.15) is 0 Å². The molecular weight excluding hydrogens is 252 g/mol. The highest BCUT2D eigenvalue weighted by Crippen LogP contribution is 2.22. The quantitative estimate of drug-likeness (QED) is 0.586. The van der Waals surface area contributed by atoms with Crippen molar-refractivity contribution in [2.75, 3.05) is 11.2 Å². The summed E-state index contributed by atoms with van der Waals surface area (Å²) in [6.07, 6.45) is 0. The molecule has 5 nitrogen and oxygen atoms in total. The molecule has 6 heteroatoms. The normalized spacial score (nSPS) is 17.4. The fourth-order valence-electron chi connectivity index (χ4n) is 1.04. The Bertz CT molecular complexity index is 984. The van der Waals surface area contributed by atoms with E-state index in [0.29, 0.717) is 0 Å². The van der Waals surface area contributed by atoms with E-state index < -0.39 is 79.3 Å². The SMILES string of the molecule is [2H]c1c([2H])c(S(=O)(=O)c2c([2H])c([2H])c(NO)c([2H])c2[2H])c([2H])c([2H])c1N. The molecule has 0 radical (unpaired) electrons. The zero-order valence-corrected chi connectivity index (χ0v) is 9.57. The van der Waals surface area contributed by atoms with Gasteiger partial charge in [-0.1, -0.05) is 0 Å². The zero-order chi connectivity index (χ0) is 20.1. The van der Waals surface area contributed by atoms with Gasteiger partial charge in [0.15, 0.2) is 0 Å². The first-order valence-electron chi connectivity index (χ1n) is 8.50. The predicted molar refractivity (Wildman–Crippen MR) is 68.2 cm³/mol. The minimum absolute atomic E-state index is 0.571. The fraction of sp³-hybridized carbons (Fsp3) is 0. The van der Waals surface area contributed by atoms with Gasteiger partial charge in [0.25, 0.3) is 0 Å². The van der Waals surface area contributed by atoms with Gasteiger partial charge in [0.05, 0.1) is 26.4 Å². The molecule has 0 amide bonds. The minimum Gasteiger partial charge on any atom is -0.399 e. The lowest BCUT2D eigenvalue weighted by molar-refractivity contribution is 0.389. The molecule has 0 aliphatic carbocycles. The average molecular weight is 272 g/mol. The molecule has 0 unspecified atom stereocenters. The van der Waals surface area contributed by atoms with Crippen molar-refractivity contribution < 1.29 is 24.6 Å². The number of anilines is 2. The van der Waals surface area contributed by atoms with Gasteiger partial charge in [0.2, 0.25) is 9.84 Å². The number of sulfone groups is 1. The van der Waals surface area contributed by atoms with Gasteiger partial charge in [0, 0.05) is 5.69 Å². The third-order valence-electron chi connectivity index (χ3n) is 1.87. The Morgan fingerprint density at radius 3 is 1.89 bits per heavy atom. The van der Waals surface area contributed by atoms with Gasteiger partial charge < -0.3 is 5.73 Å². The van der Waals surface area contributed by atoms with Crippen molar-refractivity contribution in [3.8, 4) is 0 Å². The molecule has 94 valence electrons. The molecular formula is C12H12N2O3S. The average Bonchev–Trinajstić information content (AvgIpc) is 2.57. The first-order chi connectivity index (χ1) is 11.9. The van der Waals surface area contributed by atoms with E-state index in [-0.39, 0.29) is 0 Å². The molecule has 0 atom stereocenters. The molecule has 0 aromatic heterocycles. The second kappa shape index (κ2) is 4.67. The van der Waals surface area contributed by atoms with Gasteiger partial charge in [-0.15, -0.1) is 0 Å². The van der Waals surface area contributed by atoms with Crippen molar-refractivity contribution in [1.82, 2.24) is 0 Å². The summed E-state index contributed by atoms with van der Waals surface area (Å²) in [7, 11) is -4.99. The summed E-state index contributed by atoms with van der Waals surface area (Å²) in [5.74, 6) is 0.